The number of aromatic nitrogens is 1. The van der Waals surface area contributed by atoms with Crippen LogP contribution in [0.3, 0.4) is 0 Å². The molecule has 0 amide bonds. The molecule has 1 heterocycles. The summed E-state index contributed by atoms with van der Waals surface area (Å²) < 4.78 is 6.18. The molecule has 0 aromatic carbocycles. The molecule has 0 radical (unpaired) electrons. The molecule has 2 nitrogen and oxygen atoms in total. The maximum atomic E-state index is 5.77. The first-order valence-electron chi connectivity index (χ1n) is 4.03. The third kappa shape index (κ3) is 3.53. The minimum atomic E-state index is 0.492. The lowest BCUT2D eigenvalue weighted by Crippen LogP contribution is -2.05. The Bertz CT molecular complexity index is 291. The molecule has 0 N–H and O–H groups in total. The molecule has 0 aliphatic heterocycles. The van der Waals surface area contributed by atoms with Crippen molar-refractivity contribution in [2.75, 3.05) is 6.61 Å². The predicted octanol–water partition coefficient (Wildman–Crippen LogP) is 3.53. The second kappa shape index (κ2) is 4.82. The zero-order valence-electron chi connectivity index (χ0n) is 7.55. The topological polar surface area (TPSA) is 22.1 Å². The van der Waals surface area contributed by atoms with E-state index in [1.165, 1.54) is 0 Å². The van der Waals surface area contributed by atoms with Crippen molar-refractivity contribution in [2.45, 2.75) is 13.8 Å². The van der Waals surface area contributed by atoms with Crippen molar-refractivity contribution in [3.05, 3.63) is 21.9 Å². The molecule has 1 aromatic rings. The van der Waals surface area contributed by atoms with Gasteiger partial charge >= 0.3 is 0 Å². The van der Waals surface area contributed by atoms with E-state index in [0.29, 0.717) is 27.9 Å². The van der Waals surface area contributed by atoms with Crippen LogP contribution in [-0.4, -0.2) is 11.6 Å². The highest BCUT2D eigenvalue weighted by atomic mass is 79.9. The highest BCUT2D eigenvalue weighted by molar-refractivity contribution is 9.10. The Balaban J connectivity index is 2.70. The Morgan fingerprint density at radius 2 is 2.31 bits per heavy atom. The molecule has 1 aromatic heterocycles. The van der Waals surface area contributed by atoms with Crippen LogP contribution >= 0.6 is 27.5 Å². The van der Waals surface area contributed by atoms with Gasteiger partial charge in [0.05, 0.1) is 11.6 Å². The highest BCUT2D eigenvalue weighted by Gasteiger charge is 2.04. The molecule has 0 bridgehead atoms. The number of halogens is 2. The lowest BCUT2D eigenvalue weighted by molar-refractivity contribution is 0.268. The normalized spacial score (nSPS) is 10.5. The van der Waals surface area contributed by atoms with Gasteiger partial charge in [-0.05, 0) is 21.8 Å². The molecule has 0 atom stereocenters. The lowest BCUT2D eigenvalue weighted by atomic mass is 10.2. The van der Waals surface area contributed by atoms with E-state index in [1.807, 2.05) is 0 Å². The van der Waals surface area contributed by atoms with Gasteiger partial charge in [-0.2, -0.15) is 0 Å². The smallest absolute Gasteiger partial charge is 0.153 e. The van der Waals surface area contributed by atoms with E-state index in [-0.39, 0.29) is 0 Å². The zero-order valence-corrected chi connectivity index (χ0v) is 9.89. The maximum Gasteiger partial charge on any atom is 0.153 e. The molecule has 72 valence electrons. The Hall–Kier alpha value is -0.280. The molecule has 1 rings (SSSR count). The average molecular weight is 265 g/mol. The van der Waals surface area contributed by atoms with Gasteiger partial charge in [-0.1, -0.05) is 25.4 Å². The minimum Gasteiger partial charge on any atom is -0.490 e. The van der Waals surface area contributed by atoms with Crippen molar-refractivity contribution in [1.29, 1.82) is 0 Å². The van der Waals surface area contributed by atoms with Crippen LogP contribution in [-0.2, 0) is 0 Å². The van der Waals surface area contributed by atoms with E-state index in [4.69, 9.17) is 16.3 Å². The summed E-state index contributed by atoms with van der Waals surface area (Å²) in [6, 6.07) is 1.75. The molecule has 0 aliphatic rings. The average Bonchev–Trinajstić information content (AvgIpc) is 2.06. The van der Waals surface area contributed by atoms with Crippen LogP contribution in [0.25, 0.3) is 0 Å². The largest absolute Gasteiger partial charge is 0.490 e. The van der Waals surface area contributed by atoms with E-state index in [2.05, 4.69) is 34.8 Å². The number of nitrogens with zero attached hydrogens (tertiary/aromatic N) is 1. The quantitative estimate of drug-likeness (QED) is 0.779. The van der Waals surface area contributed by atoms with E-state index >= 15 is 0 Å². The van der Waals surface area contributed by atoms with E-state index in [9.17, 15) is 0 Å². The summed E-state index contributed by atoms with van der Waals surface area (Å²) in [6.07, 6.45) is 1.58. The monoisotopic (exact) mass is 263 g/mol. The van der Waals surface area contributed by atoms with Gasteiger partial charge in [0.2, 0.25) is 0 Å². The van der Waals surface area contributed by atoms with Crippen molar-refractivity contribution in [3.63, 3.8) is 0 Å². The SMILES string of the molecule is CC(C)COc1cc(Cl)cnc1Br. The van der Waals surface area contributed by atoms with Gasteiger partial charge in [0.1, 0.15) is 4.60 Å². The highest BCUT2D eigenvalue weighted by Crippen LogP contribution is 2.25. The van der Waals surface area contributed by atoms with Crippen LogP contribution in [0.5, 0.6) is 5.75 Å². The van der Waals surface area contributed by atoms with Crippen molar-refractivity contribution in [2.24, 2.45) is 5.92 Å². The minimum absolute atomic E-state index is 0.492. The first-order valence-corrected chi connectivity index (χ1v) is 5.20. The van der Waals surface area contributed by atoms with E-state index in [0.717, 1.165) is 0 Å². The molecule has 0 unspecified atom stereocenters. The number of hydrogen-bond acceptors (Lipinski definition) is 2. The summed E-state index contributed by atoms with van der Waals surface area (Å²) in [7, 11) is 0. The molecule has 4 heteroatoms. The molecule has 0 fully saturated rings. The molecular formula is C9H11BrClNO. The van der Waals surface area contributed by atoms with Crippen LogP contribution < -0.4 is 4.74 Å². The van der Waals surface area contributed by atoms with Crippen molar-refractivity contribution >= 4 is 27.5 Å². The summed E-state index contributed by atoms with van der Waals surface area (Å²) in [5.41, 5.74) is 0. The zero-order chi connectivity index (χ0) is 9.84. The summed E-state index contributed by atoms with van der Waals surface area (Å²) in [5.74, 6) is 1.19. The van der Waals surface area contributed by atoms with E-state index in [1.54, 1.807) is 12.3 Å². The second-order valence-corrected chi connectivity index (χ2v) is 4.33. The van der Waals surface area contributed by atoms with Gasteiger partial charge in [0.15, 0.2) is 5.75 Å². The number of ether oxygens (including phenoxy) is 1. The molecule has 0 spiro atoms. The number of rotatable bonds is 3. The van der Waals surface area contributed by atoms with Crippen molar-refractivity contribution in [3.8, 4) is 5.75 Å². The van der Waals surface area contributed by atoms with Crippen LogP contribution in [0.2, 0.25) is 5.02 Å². The van der Waals surface area contributed by atoms with Gasteiger partial charge in [-0.15, -0.1) is 0 Å². The van der Waals surface area contributed by atoms with Crippen molar-refractivity contribution < 1.29 is 4.74 Å². The number of pyridine rings is 1. The van der Waals surface area contributed by atoms with Gasteiger partial charge in [-0.25, -0.2) is 4.98 Å². The van der Waals surface area contributed by atoms with Gasteiger partial charge in [0.25, 0.3) is 0 Å². The lowest BCUT2D eigenvalue weighted by Gasteiger charge is -2.09. The third-order valence-electron chi connectivity index (χ3n) is 1.35. The summed E-state index contributed by atoms with van der Waals surface area (Å²) >= 11 is 9.05. The predicted molar refractivity (Wildman–Crippen MR) is 57.3 cm³/mol. The van der Waals surface area contributed by atoms with Gasteiger partial charge in [0, 0.05) is 12.3 Å². The van der Waals surface area contributed by atoms with Crippen molar-refractivity contribution in [1.82, 2.24) is 4.98 Å². The fourth-order valence-corrected chi connectivity index (χ4v) is 1.24. The molecular weight excluding hydrogens is 253 g/mol. The molecule has 0 aliphatic carbocycles. The second-order valence-electron chi connectivity index (χ2n) is 3.15. The Morgan fingerprint density at radius 1 is 1.62 bits per heavy atom. The fourth-order valence-electron chi connectivity index (χ4n) is 0.762. The van der Waals surface area contributed by atoms with Crippen LogP contribution in [0.4, 0.5) is 0 Å². The van der Waals surface area contributed by atoms with Gasteiger partial charge < -0.3 is 4.74 Å². The van der Waals surface area contributed by atoms with Crippen LogP contribution in [0.15, 0.2) is 16.9 Å². The van der Waals surface area contributed by atoms with E-state index < -0.39 is 0 Å². The maximum absolute atomic E-state index is 5.77. The Morgan fingerprint density at radius 3 is 2.92 bits per heavy atom. The number of hydrogen-bond donors (Lipinski definition) is 0. The summed E-state index contributed by atoms with van der Waals surface area (Å²) in [5, 5.41) is 0.585. The Kier molecular flexibility index (Phi) is 4.00. The third-order valence-corrected chi connectivity index (χ3v) is 2.15. The first kappa shape index (κ1) is 10.8. The molecule has 13 heavy (non-hydrogen) atoms. The Labute approximate surface area is 91.4 Å². The van der Waals surface area contributed by atoms with Gasteiger partial charge in [-0.3, -0.25) is 0 Å². The first-order chi connectivity index (χ1) is 6.09. The standard InChI is InChI=1S/C9H11BrClNO/c1-6(2)5-13-8-3-7(11)4-12-9(8)10/h3-4,6H,5H2,1-2H3. The van der Waals surface area contributed by atoms with Crippen LogP contribution in [0, 0.1) is 5.92 Å². The summed E-state index contributed by atoms with van der Waals surface area (Å²) in [6.45, 7) is 4.85. The summed E-state index contributed by atoms with van der Waals surface area (Å²) in [4.78, 5) is 4.02. The molecule has 0 saturated heterocycles. The molecule has 0 saturated carbocycles. The van der Waals surface area contributed by atoms with Crippen LogP contribution in [0.1, 0.15) is 13.8 Å². The fraction of sp³-hybridized carbons (Fsp3) is 0.444.